The number of esters is 2. The first-order chi connectivity index (χ1) is 25.8. The lowest BCUT2D eigenvalue weighted by atomic mass is 10.1. The Bertz CT molecular complexity index is 1100. The van der Waals surface area contributed by atoms with Crippen molar-refractivity contribution in [3.63, 3.8) is 0 Å². The minimum absolute atomic E-state index is 0.0353. The number of allylic oxidation sites excluding steroid dienone is 12. The summed E-state index contributed by atoms with van der Waals surface area (Å²) < 4.78 is 32.6. The van der Waals surface area contributed by atoms with Gasteiger partial charge in [0.1, 0.15) is 6.61 Å². The monoisotopic (exact) mass is 764 g/mol. The van der Waals surface area contributed by atoms with E-state index in [1.807, 2.05) is 18.2 Å². The number of nitrogens with two attached hydrogens (primary N) is 1. The van der Waals surface area contributed by atoms with Gasteiger partial charge in [-0.3, -0.25) is 18.6 Å². The molecule has 2 unspecified atom stereocenters. The van der Waals surface area contributed by atoms with Gasteiger partial charge in [0.2, 0.25) is 0 Å². The van der Waals surface area contributed by atoms with Crippen LogP contribution in [0.1, 0.15) is 155 Å². The Morgan fingerprint density at radius 2 is 1.02 bits per heavy atom. The molecule has 0 amide bonds. The Morgan fingerprint density at radius 3 is 1.55 bits per heavy atom. The second kappa shape index (κ2) is 39.2. The summed E-state index contributed by atoms with van der Waals surface area (Å²) in [5.41, 5.74) is 5.33. The van der Waals surface area contributed by atoms with Crippen LogP contribution >= 0.6 is 7.82 Å². The van der Waals surface area contributed by atoms with E-state index in [1.165, 1.54) is 70.6 Å². The molecule has 10 heteroatoms. The number of unbranched alkanes of at least 4 members (excludes halogenated alkanes) is 12. The first-order valence-corrected chi connectivity index (χ1v) is 21.9. The third-order valence-electron chi connectivity index (χ3n) is 8.07. The lowest BCUT2D eigenvalue weighted by Gasteiger charge is -2.19. The van der Waals surface area contributed by atoms with Gasteiger partial charge in [-0.2, -0.15) is 0 Å². The molecule has 0 aliphatic heterocycles. The van der Waals surface area contributed by atoms with E-state index >= 15 is 0 Å². The van der Waals surface area contributed by atoms with Crippen molar-refractivity contribution in [3.05, 3.63) is 72.9 Å². The van der Waals surface area contributed by atoms with Gasteiger partial charge in [-0.15, -0.1) is 0 Å². The number of carbonyl (C=O) groups is 2. The normalized spacial score (nSPS) is 14.1. The molecule has 0 bridgehead atoms. The smallest absolute Gasteiger partial charge is 0.462 e. The molecular formula is C43H74NO8P. The highest BCUT2D eigenvalue weighted by atomic mass is 31.2. The van der Waals surface area contributed by atoms with Gasteiger partial charge in [-0.1, -0.05) is 157 Å². The van der Waals surface area contributed by atoms with E-state index in [2.05, 4.69) is 68.5 Å². The minimum atomic E-state index is -4.40. The number of phosphoric acid groups is 1. The first-order valence-electron chi connectivity index (χ1n) is 20.4. The summed E-state index contributed by atoms with van der Waals surface area (Å²) in [4.78, 5) is 34.7. The van der Waals surface area contributed by atoms with Crippen LogP contribution in [0.15, 0.2) is 72.9 Å². The molecule has 0 heterocycles. The lowest BCUT2D eigenvalue weighted by molar-refractivity contribution is -0.161. The third-order valence-corrected chi connectivity index (χ3v) is 9.06. The lowest BCUT2D eigenvalue weighted by Crippen LogP contribution is -2.29. The molecule has 0 saturated carbocycles. The Kier molecular flexibility index (Phi) is 37.3. The van der Waals surface area contributed by atoms with Crippen LogP contribution in [0.4, 0.5) is 0 Å². The highest BCUT2D eigenvalue weighted by molar-refractivity contribution is 7.47. The predicted molar refractivity (Wildman–Crippen MR) is 219 cm³/mol. The standard InChI is InChI=1S/C43H74NO8P/c1-3-5-7-9-11-13-15-17-19-20-22-24-26-28-30-32-34-36-43(46)52-41(40-51-53(47,48)50-38-37-44)39-49-42(45)35-33-31-29-27-25-23-21-18-16-14-12-10-8-6-4-2/h7,9,13,15,19-20,24,26,29-32,41H,3-6,8,10-12,14,16-18,21-23,25,27-28,33-40,44H2,1-2H3,(H,47,48). The number of hydrogen-bond donors (Lipinski definition) is 2. The zero-order chi connectivity index (χ0) is 38.9. The van der Waals surface area contributed by atoms with E-state index < -0.39 is 32.5 Å². The van der Waals surface area contributed by atoms with E-state index in [4.69, 9.17) is 24.3 Å². The van der Waals surface area contributed by atoms with Gasteiger partial charge in [-0.05, 0) is 57.8 Å². The summed E-state index contributed by atoms with van der Waals surface area (Å²) in [7, 11) is -4.40. The van der Waals surface area contributed by atoms with Crippen molar-refractivity contribution in [2.75, 3.05) is 26.4 Å². The molecule has 0 aromatic heterocycles. The minimum Gasteiger partial charge on any atom is -0.462 e. The van der Waals surface area contributed by atoms with E-state index in [1.54, 1.807) is 0 Å². The van der Waals surface area contributed by atoms with Crippen LogP contribution in [-0.4, -0.2) is 49.3 Å². The molecule has 2 atom stereocenters. The van der Waals surface area contributed by atoms with Crippen LogP contribution in [0.25, 0.3) is 0 Å². The van der Waals surface area contributed by atoms with E-state index in [-0.39, 0.29) is 32.6 Å². The van der Waals surface area contributed by atoms with Gasteiger partial charge in [0.15, 0.2) is 6.10 Å². The maximum absolute atomic E-state index is 12.5. The van der Waals surface area contributed by atoms with Crippen molar-refractivity contribution in [1.82, 2.24) is 0 Å². The van der Waals surface area contributed by atoms with Gasteiger partial charge in [0, 0.05) is 19.4 Å². The number of ether oxygens (including phenoxy) is 2. The van der Waals surface area contributed by atoms with Crippen molar-refractivity contribution in [2.24, 2.45) is 5.73 Å². The molecular weight excluding hydrogens is 689 g/mol. The van der Waals surface area contributed by atoms with E-state index in [9.17, 15) is 19.0 Å². The van der Waals surface area contributed by atoms with Crippen molar-refractivity contribution in [1.29, 1.82) is 0 Å². The number of phosphoric ester groups is 1. The summed E-state index contributed by atoms with van der Waals surface area (Å²) in [5, 5.41) is 0. The van der Waals surface area contributed by atoms with Gasteiger partial charge < -0.3 is 20.1 Å². The summed E-state index contributed by atoms with van der Waals surface area (Å²) in [6, 6.07) is 0. The summed E-state index contributed by atoms with van der Waals surface area (Å²) >= 11 is 0. The zero-order valence-corrected chi connectivity index (χ0v) is 34.1. The SMILES string of the molecule is CCCC=CCC=CCC=CCC=CCC=CCCC(=O)OC(COC(=O)CCC=CCCCCCCCCCCCCC)COP(=O)(O)OCCN. The molecule has 0 saturated heterocycles. The quantitative estimate of drug-likeness (QED) is 0.0274. The number of hydrogen-bond acceptors (Lipinski definition) is 8. The topological polar surface area (TPSA) is 134 Å². The molecule has 9 nitrogen and oxygen atoms in total. The van der Waals surface area contributed by atoms with Crippen LogP contribution < -0.4 is 5.73 Å². The molecule has 3 N–H and O–H groups in total. The molecule has 0 aromatic carbocycles. The molecule has 0 aliphatic rings. The summed E-state index contributed by atoms with van der Waals surface area (Å²) in [5.74, 6) is -0.988. The predicted octanol–water partition coefficient (Wildman–Crippen LogP) is 11.5. The molecule has 0 aliphatic carbocycles. The van der Waals surface area contributed by atoms with Gasteiger partial charge in [0.05, 0.1) is 13.2 Å². The Balaban J connectivity index is 4.37. The van der Waals surface area contributed by atoms with Crippen LogP contribution in [0.5, 0.6) is 0 Å². The Morgan fingerprint density at radius 1 is 0.566 bits per heavy atom. The number of rotatable bonds is 37. The van der Waals surface area contributed by atoms with Gasteiger partial charge in [-0.25, -0.2) is 4.57 Å². The highest BCUT2D eigenvalue weighted by Crippen LogP contribution is 2.43. The molecule has 0 spiro atoms. The van der Waals surface area contributed by atoms with E-state index in [0.717, 1.165) is 44.9 Å². The summed E-state index contributed by atoms with van der Waals surface area (Å²) in [6.07, 6.45) is 46.7. The Labute approximate surface area is 322 Å². The average molecular weight is 764 g/mol. The highest BCUT2D eigenvalue weighted by Gasteiger charge is 2.25. The van der Waals surface area contributed by atoms with Crippen LogP contribution in [0, 0.1) is 0 Å². The van der Waals surface area contributed by atoms with Crippen LogP contribution in [0.3, 0.4) is 0 Å². The maximum atomic E-state index is 12.5. The first kappa shape index (κ1) is 50.5. The number of carbonyl (C=O) groups excluding carboxylic acids is 2. The molecule has 53 heavy (non-hydrogen) atoms. The molecule has 0 rings (SSSR count). The van der Waals surface area contributed by atoms with Gasteiger partial charge in [0.25, 0.3) is 0 Å². The fourth-order valence-corrected chi connectivity index (χ4v) is 5.82. The average Bonchev–Trinajstić information content (AvgIpc) is 3.14. The van der Waals surface area contributed by atoms with Crippen molar-refractivity contribution >= 4 is 19.8 Å². The summed E-state index contributed by atoms with van der Waals surface area (Å²) in [6.45, 7) is 3.52. The fraction of sp³-hybridized carbons (Fsp3) is 0.674. The third kappa shape index (κ3) is 39.0. The van der Waals surface area contributed by atoms with Crippen LogP contribution in [0.2, 0.25) is 0 Å². The maximum Gasteiger partial charge on any atom is 0.472 e. The fourth-order valence-electron chi connectivity index (χ4n) is 5.05. The van der Waals surface area contributed by atoms with Crippen molar-refractivity contribution in [2.45, 2.75) is 161 Å². The van der Waals surface area contributed by atoms with Crippen LogP contribution in [-0.2, 0) is 32.7 Å². The molecule has 0 fully saturated rings. The van der Waals surface area contributed by atoms with Crippen molar-refractivity contribution in [3.8, 4) is 0 Å². The zero-order valence-electron chi connectivity index (χ0n) is 33.2. The van der Waals surface area contributed by atoms with E-state index in [0.29, 0.717) is 12.8 Å². The Hall–Kier alpha value is -2.55. The van der Waals surface area contributed by atoms with Gasteiger partial charge >= 0.3 is 19.8 Å². The van der Waals surface area contributed by atoms with Crippen molar-refractivity contribution < 1.29 is 37.6 Å². The molecule has 0 radical (unpaired) electrons. The molecule has 0 aromatic rings. The molecule has 304 valence electrons. The second-order valence-corrected chi connectivity index (χ2v) is 14.6. The second-order valence-electron chi connectivity index (χ2n) is 13.1. The largest absolute Gasteiger partial charge is 0.472 e.